The Bertz CT molecular complexity index is 1520. The summed E-state index contributed by atoms with van der Waals surface area (Å²) in [6, 6.07) is 26.7. The third kappa shape index (κ3) is 3.92. The average molecular weight is 493 g/mol. The van der Waals surface area contributed by atoms with Crippen LogP contribution in [0.2, 0.25) is 0 Å². The lowest BCUT2D eigenvalue weighted by atomic mass is 9.68. The monoisotopic (exact) mass is 492 g/mol. The summed E-state index contributed by atoms with van der Waals surface area (Å²) in [7, 11) is 0. The highest BCUT2D eigenvalue weighted by atomic mass is 14.5. The minimum Gasteiger partial charge on any atom is -0.0990 e. The molecule has 0 atom stereocenters. The quantitative estimate of drug-likeness (QED) is 0.288. The maximum absolute atomic E-state index is 4.25. The molecule has 0 N–H and O–H groups in total. The highest BCUT2D eigenvalue weighted by molar-refractivity contribution is 5.90. The molecule has 0 aromatic heterocycles. The first-order chi connectivity index (χ1) is 18.6. The van der Waals surface area contributed by atoms with Crippen molar-refractivity contribution in [3.8, 4) is 11.1 Å². The van der Waals surface area contributed by atoms with Crippen molar-refractivity contribution in [1.82, 2.24) is 0 Å². The summed E-state index contributed by atoms with van der Waals surface area (Å²) in [6.07, 6.45) is 17.0. The van der Waals surface area contributed by atoms with E-state index in [9.17, 15) is 0 Å². The molecular weight excluding hydrogens is 456 g/mol. The van der Waals surface area contributed by atoms with Gasteiger partial charge in [0.2, 0.25) is 0 Å². The van der Waals surface area contributed by atoms with E-state index in [4.69, 9.17) is 0 Å². The Kier molecular flexibility index (Phi) is 7.16. The molecular formula is C38H36. The molecule has 38 heavy (non-hydrogen) atoms. The Morgan fingerprint density at radius 3 is 2.16 bits per heavy atom. The molecule has 0 unspecified atom stereocenters. The molecule has 3 aromatic rings. The molecule has 0 heteroatoms. The van der Waals surface area contributed by atoms with Crippen LogP contribution in [0.25, 0.3) is 16.7 Å². The standard InChI is InChI=1S/C38H36/c1-6-15-27(5)29-19-14-18-28(26-29)24-25-37-31(17-8-3)30(16-7-2)34(9-4)38(37)35-22-12-10-20-32(35)33-21-11-13-23-36(33)38/h6-8,10-23,25-26H,3,5,9,24H2,1-2,4H3/b15-6-,16-7-,31-17-,37-25+. The predicted octanol–water partition coefficient (Wildman–Crippen LogP) is 10.1. The number of benzene rings is 3. The van der Waals surface area contributed by atoms with Crippen molar-refractivity contribution in [3.63, 3.8) is 0 Å². The molecule has 0 bridgehead atoms. The van der Waals surface area contributed by atoms with Crippen molar-refractivity contribution < 1.29 is 0 Å². The first-order valence-corrected chi connectivity index (χ1v) is 13.6. The van der Waals surface area contributed by atoms with Crippen molar-refractivity contribution in [2.75, 3.05) is 0 Å². The summed E-state index contributed by atoms with van der Waals surface area (Å²) < 4.78 is 0. The van der Waals surface area contributed by atoms with Crippen LogP contribution in [0.1, 0.15) is 49.4 Å². The van der Waals surface area contributed by atoms with E-state index in [1.165, 1.54) is 55.7 Å². The second-order valence-electron chi connectivity index (χ2n) is 9.95. The second kappa shape index (κ2) is 10.7. The first kappa shape index (κ1) is 25.5. The van der Waals surface area contributed by atoms with Gasteiger partial charge in [-0.15, -0.1) is 0 Å². The number of fused-ring (bicyclic) bond motifs is 5. The largest absolute Gasteiger partial charge is 0.0990 e. The van der Waals surface area contributed by atoms with Crippen molar-refractivity contribution in [3.05, 3.63) is 173 Å². The molecule has 0 aliphatic heterocycles. The van der Waals surface area contributed by atoms with E-state index in [2.05, 4.69) is 130 Å². The van der Waals surface area contributed by atoms with Gasteiger partial charge in [-0.2, -0.15) is 0 Å². The van der Waals surface area contributed by atoms with Gasteiger partial charge in [0.25, 0.3) is 0 Å². The summed E-state index contributed by atoms with van der Waals surface area (Å²) in [6.45, 7) is 14.8. The minimum atomic E-state index is -0.308. The van der Waals surface area contributed by atoms with E-state index in [0.717, 1.165) is 18.4 Å². The van der Waals surface area contributed by atoms with Gasteiger partial charge in [0.15, 0.2) is 0 Å². The molecule has 1 spiro atoms. The molecule has 0 nitrogen and oxygen atoms in total. The zero-order valence-corrected chi connectivity index (χ0v) is 22.8. The molecule has 188 valence electrons. The highest BCUT2D eigenvalue weighted by Gasteiger charge is 2.53. The Morgan fingerprint density at radius 2 is 1.55 bits per heavy atom. The van der Waals surface area contributed by atoms with E-state index < -0.39 is 0 Å². The average Bonchev–Trinajstić information content (AvgIpc) is 3.38. The molecule has 2 aliphatic rings. The SMILES string of the molecule is C=C/C=C1/C(/C=C\C)=C(CC)C2(/C1=C/Cc1cccc(C(=C)/C=C\C)c1)c1ccccc1-c1ccccc12. The van der Waals surface area contributed by atoms with Crippen LogP contribution in [0.3, 0.4) is 0 Å². The van der Waals surface area contributed by atoms with Crippen LogP contribution in [0.4, 0.5) is 0 Å². The highest BCUT2D eigenvalue weighted by Crippen LogP contribution is 2.63. The number of hydrogen-bond donors (Lipinski definition) is 0. The van der Waals surface area contributed by atoms with Crippen LogP contribution in [0, 0.1) is 0 Å². The molecule has 2 aliphatic carbocycles. The topological polar surface area (TPSA) is 0 Å². The first-order valence-electron chi connectivity index (χ1n) is 13.6. The van der Waals surface area contributed by atoms with Gasteiger partial charge in [-0.3, -0.25) is 0 Å². The van der Waals surface area contributed by atoms with Crippen LogP contribution >= 0.6 is 0 Å². The number of hydrogen-bond acceptors (Lipinski definition) is 0. The summed E-state index contributed by atoms with van der Waals surface area (Å²) in [5, 5.41) is 0. The van der Waals surface area contributed by atoms with Crippen LogP contribution in [-0.4, -0.2) is 0 Å². The fraction of sp³-hybridized carbons (Fsp3) is 0.158. The molecule has 0 saturated heterocycles. The number of allylic oxidation sites excluding steroid dienone is 12. The summed E-state index contributed by atoms with van der Waals surface area (Å²) in [5.74, 6) is 0. The predicted molar refractivity (Wildman–Crippen MR) is 165 cm³/mol. The van der Waals surface area contributed by atoms with E-state index in [1.807, 2.05) is 19.1 Å². The molecule has 0 amide bonds. The second-order valence-corrected chi connectivity index (χ2v) is 9.95. The fourth-order valence-corrected chi connectivity index (χ4v) is 6.51. The summed E-state index contributed by atoms with van der Waals surface area (Å²) in [4.78, 5) is 0. The van der Waals surface area contributed by atoms with Gasteiger partial charge in [0.1, 0.15) is 0 Å². The zero-order chi connectivity index (χ0) is 26.7. The maximum Gasteiger partial charge on any atom is 0.0685 e. The Hall–Kier alpha value is -4.16. The summed E-state index contributed by atoms with van der Waals surface area (Å²) >= 11 is 0. The lowest BCUT2D eigenvalue weighted by molar-refractivity contribution is 0.725. The van der Waals surface area contributed by atoms with Crippen molar-refractivity contribution in [2.24, 2.45) is 0 Å². The molecule has 0 heterocycles. The van der Waals surface area contributed by atoms with Crippen LogP contribution < -0.4 is 0 Å². The molecule has 0 fully saturated rings. The molecule has 5 rings (SSSR count). The fourth-order valence-electron chi connectivity index (χ4n) is 6.51. The van der Waals surface area contributed by atoms with Gasteiger partial charge in [0.05, 0.1) is 5.41 Å². The Labute approximate surface area is 228 Å². The normalized spacial score (nSPS) is 17.8. The molecule has 0 saturated carbocycles. The minimum absolute atomic E-state index is 0.308. The lowest BCUT2D eigenvalue weighted by Gasteiger charge is -2.33. The molecule has 3 aromatic carbocycles. The van der Waals surface area contributed by atoms with Crippen LogP contribution in [0.5, 0.6) is 0 Å². The van der Waals surface area contributed by atoms with Crippen LogP contribution in [0.15, 0.2) is 151 Å². The zero-order valence-electron chi connectivity index (χ0n) is 22.8. The van der Waals surface area contributed by atoms with Crippen molar-refractivity contribution in [2.45, 2.75) is 39.0 Å². The van der Waals surface area contributed by atoms with Gasteiger partial charge in [0, 0.05) is 0 Å². The van der Waals surface area contributed by atoms with E-state index in [0.29, 0.717) is 0 Å². The lowest BCUT2D eigenvalue weighted by Crippen LogP contribution is -2.27. The third-order valence-corrected chi connectivity index (χ3v) is 7.89. The summed E-state index contributed by atoms with van der Waals surface area (Å²) in [5.41, 5.74) is 14.0. The smallest absolute Gasteiger partial charge is 0.0685 e. The van der Waals surface area contributed by atoms with Crippen molar-refractivity contribution >= 4 is 5.57 Å². The van der Waals surface area contributed by atoms with Crippen LogP contribution in [-0.2, 0) is 11.8 Å². The molecule has 0 radical (unpaired) electrons. The van der Waals surface area contributed by atoms with Gasteiger partial charge in [-0.05, 0) is 87.9 Å². The van der Waals surface area contributed by atoms with Gasteiger partial charge in [-0.1, -0.05) is 135 Å². The van der Waals surface area contributed by atoms with E-state index in [-0.39, 0.29) is 5.41 Å². The Morgan fingerprint density at radius 1 is 0.868 bits per heavy atom. The van der Waals surface area contributed by atoms with Crippen molar-refractivity contribution in [1.29, 1.82) is 0 Å². The van der Waals surface area contributed by atoms with Gasteiger partial charge in [-0.25, -0.2) is 0 Å². The third-order valence-electron chi connectivity index (χ3n) is 7.89. The van der Waals surface area contributed by atoms with Gasteiger partial charge < -0.3 is 0 Å². The maximum atomic E-state index is 4.25. The van der Waals surface area contributed by atoms with E-state index >= 15 is 0 Å². The number of rotatable bonds is 7. The van der Waals surface area contributed by atoms with Gasteiger partial charge >= 0.3 is 0 Å². The Balaban J connectivity index is 1.78. The van der Waals surface area contributed by atoms with E-state index in [1.54, 1.807) is 0 Å².